The fourth-order valence-corrected chi connectivity index (χ4v) is 4.56. The maximum absolute atomic E-state index is 13.7. The van der Waals surface area contributed by atoms with Crippen molar-refractivity contribution >= 4 is 23.1 Å². The first-order valence-corrected chi connectivity index (χ1v) is 14.7. The Balaban J connectivity index is 0.000000587. The van der Waals surface area contributed by atoms with Crippen LogP contribution in [0.1, 0.15) is 51.7 Å². The Bertz CT molecular complexity index is 1190. The third kappa shape index (κ3) is 10.4. The number of aliphatic imine (C=N–C) groups is 2. The number of amides is 1. The van der Waals surface area contributed by atoms with Gasteiger partial charge in [-0.2, -0.15) is 0 Å². The smallest absolute Gasteiger partial charge is 0.234 e. The van der Waals surface area contributed by atoms with Crippen LogP contribution in [0.15, 0.2) is 101 Å². The molecule has 2 N–H and O–H groups in total. The largest absolute Gasteiger partial charge is 0.339 e. The van der Waals surface area contributed by atoms with E-state index in [-0.39, 0.29) is 11.8 Å². The summed E-state index contributed by atoms with van der Waals surface area (Å²) in [6.45, 7) is 15.0. The molecule has 1 saturated heterocycles. The lowest BCUT2D eigenvalue weighted by Gasteiger charge is -2.36. The molecule has 0 spiro atoms. The number of nitrogens with zero attached hydrogens (tertiary/aromatic N) is 4. The van der Waals surface area contributed by atoms with Gasteiger partial charge in [0.25, 0.3) is 0 Å². The zero-order valence-corrected chi connectivity index (χ0v) is 25.4. The van der Waals surface area contributed by atoms with Crippen LogP contribution in [0.2, 0.25) is 0 Å². The number of amidine groups is 1. The number of carbonyl (C=O) groups is 1. The molecule has 4 rings (SSSR count). The van der Waals surface area contributed by atoms with E-state index in [1.807, 2.05) is 110 Å². The van der Waals surface area contributed by atoms with E-state index in [1.165, 1.54) is 0 Å². The fraction of sp³-hybridized carbons (Fsp3) is 0.400. The minimum atomic E-state index is -0.281. The summed E-state index contributed by atoms with van der Waals surface area (Å²) in [5, 5.41) is 0. The molecule has 1 aliphatic heterocycles. The van der Waals surface area contributed by atoms with Crippen LogP contribution in [0.4, 0.5) is 5.69 Å². The average Bonchev–Trinajstić information content (AvgIpc) is 2.99. The first-order chi connectivity index (χ1) is 19.8. The number of benzene rings is 3. The second-order valence-electron chi connectivity index (χ2n) is 11.2. The molecule has 1 atom stereocenters. The standard InChI is InChI=1S/C29H32N4O.C6H15N/c1-23(2)30-27(31-26-16-10-5-11-17-26)22-32-18-20-33(21-19-32)29(34)28(24-12-6-3-7-13-24)25-14-8-4-9-15-25;1-5(2)6(3)4-7/h3-17,28H,18-22H2,1-2H3;5-6H,4,7H2,1-3H3. The van der Waals surface area contributed by atoms with Crippen LogP contribution in [0, 0.1) is 11.8 Å². The Morgan fingerprint density at radius 2 is 1.27 bits per heavy atom. The molecule has 0 saturated carbocycles. The average molecular weight is 554 g/mol. The third-order valence-corrected chi connectivity index (χ3v) is 7.44. The van der Waals surface area contributed by atoms with E-state index in [2.05, 4.69) is 30.7 Å². The van der Waals surface area contributed by atoms with E-state index in [1.54, 1.807) is 0 Å². The van der Waals surface area contributed by atoms with Gasteiger partial charge in [0, 0.05) is 31.9 Å². The van der Waals surface area contributed by atoms with E-state index in [9.17, 15) is 4.79 Å². The third-order valence-electron chi connectivity index (χ3n) is 7.44. The van der Waals surface area contributed by atoms with Crippen molar-refractivity contribution < 1.29 is 4.79 Å². The number of piperazine rings is 1. The lowest BCUT2D eigenvalue weighted by molar-refractivity contribution is -0.133. The second-order valence-corrected chi connectivity index (χ2v) is 11.2. The zero-order chi connectivity index (χ0) is 29.6. The van der Waals surface area contributed by atoms with E-state index in [0.717, 1.165) is 53.9 Å². The molecule has 3 aromatic rings. The summed E-state index contributed by atoms with van der Waals surface area (Å²) in [7, 11) is 0. The highest BCUT2D eigenvalue weighted by Crippen LogP contribution is 2.27. The maximum atomic E-state index is 13.7. The second kappa shape index (κ2) is 16.6. The molecule has 1 amide bonds. The highest BCUT2D eigenvalue weighted by atomic mass is 16.2. The van der Waals surface area contributed by atoms with Crippen molar-refractivity contribution in [1.29, 1.82) is 0 Å². The van der Waals surface area contributed by atoms with Crippen molar-refractivity contribution in [3.05, 3.63) is 102 Å². The topological polar surface area (TPSA) is 74.3 Å². The quantitative estimate of drug-likeness (QED) is 0.259. The summed E-state index contributed by atoms with van der Waals surface area (Å²) in [5.41, 5.74) is 9.33. The molecule has 1 unspecified atom stereocenters. The van der Waals surface area contributed by atoms with Crippen LogP contribution >= 0.6 is 0 Å². The van der Waals surface area contributed by atoms with Crippen molar-refractivity contribution in [3.63, 3.8) is 0 Å². The summed E-state index contributed by atoms with van der Waals surface area (Å²) in [6.07, 6.45) is 0. The van der Waals surface area contributed by atoms with Gasteiger partial charge in [-0.1, -0.05) is 99.6 Å². The predicted molar refractivity (Wildman–Crippen MR) is 173 cm³/mol. The maximum Gasteiger partial charge on any atom is 0.234 e. The number of carbonyl (C=O) groups excluding carboxylic acids is 1. The van der Waals surface area contributed by atoms with Gasteiger partial charge in [0.1, 0.15) is 5.84 Å². The van der Waals surface area contributed by atoms with Crippen molar-refractivity contribution in [1.82, 2.24) is 9.80 Å². The van der Waals surface area contributed by atoms with Crippen molar-refractivity contribution in [2.24, 2.45) is 27.6 Å². The van der Waals surface area contributed by atoms with E-state index in [4.69, 9.17) is 10.7 Å². The SMILES string of the molecule is CC(C)=NC(CN1CCN(C(=O)C(c2ccccc2)c2ccccc2)CC1)=Nc1ccccc1.CC(C)C(C)CN. The minimum absolute atomic E-state index is 0.164. The van der Waals surface area contributed by atoms with Crippen molar-refractivity contribution in [3.8, 4) is 0 Å². The van der Waals surface area contributed by atoms with Gasteiger partial charge in [-0.15, -0.1) is 0 Å². The summed E-state index contributed by atoms with van der Waals surface area (Å²) in [6, 6.07) is 30.1. The monoisotopic (exact) mass is 553 g/mol. The zero-order valence-electron chi connectivity index (χ0n) is 25.4. The summed E-state index contributed by atoms with van der Waals surface area (Å²) < 4.78 is 0. The summed E-state index contributed by atoms with van der Waals surface area (Å²) >= 11 is 0. The molecular formula is C35H47N5O. The molecule has 6 heteroatoms. The van der Waals surface area contributed by atoms with Crippen LogP contribution < -0.4 is 5.73 Å². The lowest BCUT2D eigenvalue weighted by Crippen LogP contribution is -2.51. The molecule has 0 aliphatic carbocycles. The molecule has 218 valence electrons. The molecule has 1 heterocycles. The van der Waals surface area contributed by atoms with E-state index >= 15 is 0 Å². The number of hydrogen-bond donors (Lipinski definition) is 1. The van der Waals surface area contributed by atoms with Gasteiger partial charge < -0.3 is 10.6 Å². The number of para-hydroxylation sites is 1. The van der Waals surface area contributed by atoms with Gasteiger partial charge in [0.2, 0.25) is 5.91 Å². The Kier molecular flexibility index (Phi) is 12.9. The predicted octanol–water partition coefficient (Wildman–Crippen LogP) is 6.41. The first-order valence-electron chi connectivity index (χ1n) is 14.7. The normalized spacial score (nSPS) is 14.8. The van der Waals surface area contributed by atoms with Crippen LogP contribution in [0.25, 0.3) is 0 Å². The van der Waals surface area contributed by atoms with Crippen molar-refractivity contribution in [2.45, 2.75) is 40.5 Å². The van der Waals surface area contributed by atoms with Gasteiger partial charge in [0.05, 0.1) is 18.2 Å². The fourth-order valence-electron chi connectivity index (χ4n) is 4.56. The summed E-state index contributed by atoms with van der Waals surface area (Å²) in [4.78, 5) is 27.4. The van der Waals surface area contributed by atoms with Gasteiger partial charge in [-0.25, -0.2) is 9.98 Å². The lowest BCUT2D eigenvalue weighted by atomic mass is 9.90. The Hall–Kier alpha value is -3.61. The number of hydrogen-bond acceptors (Lipinski definition) is 4. The highest BCUT2D eigenvalue weighted by Gasteiger charge is 2.30. The van der Waals surface area contributed by atoms with Crippen LogP contribution in [0.5, 0.6) is 0 Å². The highest BCUT2D eigenvalue weighted by molar-refractivity contribution is 5.98. The number of nitrogens with two attached hydrogens (primary N) is 1. The molecule has 1 fully saturated rings. The Morgan fingerprint density at radius 3 is 1.68 bits per heavy atom. The van der Waals surface area contributed by atoms with Crippen LogP contribution in [-0.2, 0) is 4.79 Å². The molecule has 6 nitrogen and oxygen atoms in total. The molecular weight excluding hydrogens is 506 g/mol. The minimum Gasteiger partial charge on any atom is -0.339 e. The van der Waals surface area contributed by atoms with E-state index < -0.39 is 0 Å². The van der Waals surface area contributed by atoms with Gasteiger partial charge in [-0.05, 0) is 55.5 Å². The van der Waals surface area contributed by atoms with Crippen LogP contribution in [-0.4, -0.2) is 66.5 Å². The van der Waals surface area contributed by atoms with Crippen LogP contribution in [0.3, 0.4) is 0 Å². The van der Waals surface area contributed by atoms with Crippen molar-refractivity contribution in [2.75, 3.05) is 39.3 Å². The Morgan fingerprint density at radius 1 is 0.780 bits per heavy atom. The Labute approximate surface area is 247 Å². The first kappa shape index (κ1) is 31.9. The van der Waals surface area contributed by atoms with E-state index in [0.29, 0.717) is 25.6 Å². The molecule has 0 radical (unpaired) electrons. The van der Waals surface area contributed by atoms with Gasteiger partial charge >= 0.3 is 0 Å². The van der Waals surface area contributed by atoms with Gasteiger partial charge in [-0.3, -0.25) is 9.69 Å². The molecule has 0 bridgehead atoms. The molecule has 3 aromatic carbocycles. The molecule has 0 aromatic heterocycles. The molecule has 41 heavy (non-hydrogen) atoms. The summed E-state index contributed by atoms with van der Waals surface area (Å²) in [5.74, 6) is 2.11. The number of rotatable bonds is 8. The molecule has 1 aliphatic rings. The van der Waals surface area contributed by atoms with Gasteiger partial charge in [0.15, 0.2) is 0 Å².